The molecule has 59 heavy (non-hydrogen) atoms. The second-order valence-corrected chi connectivity index (χ2v) is 16.4. The molecule has 2 fully saturated rings. The maximum Gasteiger partial charge on any atom is 0.404 e. The van der Waals surface area contributed by atoms with E-state index in [2.05, 4.69) is 48.9 Å². The minimum Gasteiger partial charge on any atom is -0.497 e. The summed E-state index contributed by atoms with van der Waals surface area (Å²) in [6.07, 6.45) is 8.17. The van der Waals surface area contributed by atoms with Gasteiger partial charge in [-0.15, -0.1) is 0 Å². The molecule has 1 heterocycles. The number of nitrogens with two attached hydrogens (primary N) is 2. The van der Waals surface area contributed by atoms with Crippen LogP contribution in [0, 0.1) is 11.3 Å². The molecule has 1 aliphatic heterocycles. The first-order valence-corrected chi connectivity index (χ1v) is 21.2. The van der Waals surface area contributed by atoms with Gasteiger partial charge in [-0.1, -0.05) is 114 Å². The molecule has 6 rings (SSSR count). The summed E-state index contributed by atoms with van der Waals surface area (Å²) in [6, 6.07) is 25.4. The van der Waals surface area contributed by atoms with Crippen LogP contribution in [0.2, 0.25) is 0 Å². The van der Waals surface area contributed by atoms with Crippen molar-refractivity contribution in [3.05, 3.63) is 101 Å². The SMILES string of the molecule is CCCC(C)(COC(N)=O)COC(N)=O.CCN(CC)CCOC(=O)C(O)(c1ccccc1)c1ccccc1.COc1ccc2c(c1)[C@]13CCCC[C@@H]1[C@H](C2)N(C)CC3. The number of esters is 1. The third-order valence-corrected chi connectivity index (χ3v) is 12.5. The van der Waals surface area contributed by atoms with Crippen LogP contribution in [0.4, 0.5) is 9.59 Å². The Morgan fingerprint density at radius 1 is 0.864 bits per heavy atom. The molecule has 3 atom stereocenters. The van der Waals surface area contributed by atoms with Gasteiger partial charge in [0.1, 0.15) is 25.6 Å². The molecular formula is C47H68N4O8. The van der Waals surface area contributed by atoms with Crippen LogP contribution in [0.5, 0.6) is 5.75 Å². The standard InChI is InChI=1S/C20H25NO3.C18H25NO.C9H18N2O4/c1-3-21(4-2)15-16-24-19(22)20(23,17-11-7-5-8-12-17)18-13-9-6-10-14-18;1-19-10-9-18-8-4-3-5-15(18)17(19)11-13-6-7-14(20-2)12-16(13)18;1-3-4-9(2,5-14-7(10)12)6-15-8(11)13/h5-14,23H,3-4,15-16H2,1-2H3;6-7,12,15,17H,3-5,8-11H2,1-2H3;3-6H2,1-2H3,(H2,10,12)(H2,11,13)/t;15-,17+,18+;/m.1./s1. The number of carbonyl (C=O) groups excluding carboxylic acids is 3. The monoisotopic (exact) mass is 817 g/mol. The van der Waals surface area contributed by atoms with Crippen molar-refractivity contribution in [2.24, 2.45) is 22.8 Å². The fraction of sp³-hybridized carbons (Fsp3) is 0.553. The summed E-state index contributed by atoms with van der Waals surface area (Å²) in [7, 11) is 4.12. The van der Waals surface area contributed by atoms with Crippen molar-refractivity contribution in [1.29, 1.82) is 0 Å². The first-order chi connectivity index (χ1) is 28.3. The molecule has 324 valence electrons. The maximum absolute atomic E-state index is 12.7. The number of aliphatic hydroxyl groups is 1. The van der Waals surface area contributed by atoms with Gasteiger partial charge in [0.2, 0.25) is 5.60 Å². The zero-order valence-corrected chi connectivity index (χ0v) is 36.1. The van der Waals surface area contributed by atoms with Gasteiger partial charge in [0, 0.05) is 23.4 Å². The highest BCUT2D eigenvalue weighted by Crippen LogP contribution is 2.56. The normalized spacial score (nSPS) is 19.7. The topological polar surface area (TPSA) is 167 Å². The fourth-order valence-corrected chi connectivity index (χ4v) is 9.26. The van der Waals surface area contributed by atoms with Gasteiger partial charge in [-0.25, -0.2) is 14.4 Å². The van der Waals surface area contributed by atoms with Crippen molar-refractivity contribution in [3.63, 3.8) is 0 Å². The highest BCUT2D eigenvalue weighted by Gasteiger charge is 2.53. The van der Waals surface area contributed by atoms with Crippen molar-refractivity contribution >= 4 is 18.2 Å². The number of hydrogen-bond donors (Lipinski definition) is 3. The number of primary amides is 2. The molecule has 2 amide bonds. The fourth-order valence-electron chi connectivity index (χ4n) is 9.26. The highest BCUT2D eigenvalue weighted by molar-refractivity contribution is 5.85. The Balaban J connectivity index is 0.000000201. The average Bonchev–Trinajstić information content (AvgIpc) is 3.25. The van der Waals surface area contributed by atoms with Crippen molar-refractivity contribution in [2.75, 3.05) is 60.2 Å². The van der Waals surface area contributed by atoms with Crippen LogP contribution < -0.4 is 16.2 Å². The van der Waals surface area contributed by atoms with Gasteiger partial charge in [-0.05, 0) is 99.1 Å². The summed E-state index contributed by atoms with van der Waals surface area (Å²) >= 11 is 0. The lowest BCUT2D eigenvalue weighted by molar-refractivity contribution is -0.162. The molecule has 12 nitrogen and oxygen atoms in total. The van der Waals surface area contributed by atoms with E-state index in [9.17, 15) is 19.5 Å². The van der Waals surface area contributed by atoms with E-state index in [0.717, 1.165) is 43.6 Å². The molecule has 3 aliphatic rings. The molecule has 1 saturated heterocycles. The van der Waals surface area contributed by atoms with Crippen molar-refractivity contribution in [3.8, 4) is 5.75 Å². The Morgan fingerprint density at radius 2 is 1.46 bits per heavy atom. The lowest BCUT2D eigenvalue weighted by atomic mass is 9.52. The van der Waals surface area contributed by atoms with Crippen molar-refractivity contribution < 1.29 is 38.4 Å². The summed E-state index contributed by atoms with van der Waals surface area (Å²) in [6.45, 7) is 12.1. The molecule has 2 bridgehead atoms. The number of benzene rings is 3. The van der Waals surface area contributed by atoms with Gasteiger partial charge in [0.15, 0.2) is 0 Å². The number of carbonyl (C=O) groups is 3. The molecule has 0 aromatic heterocycles. The van der Waals surface area contributed by atoms with E-state index in [1.54, 1.807) is 66.8 Å². The van der Waals surface area contributed by atoms with Crippen LogP contribution in [0.25, 0.3) is 0 Å². The van der Waals surface area contributed by atoms with Crippen LogP contribution in [-0.2, 0) is 36.4 Å². The van der Waals surface area contributed by atoms with Gasteiger partial charge in [0.05, 0.1) is 7.11 Å². The summed E-state index contributed by atoms with van der Waals surface area (Å²) in [5, 5.41) is 11.2. The smallest absolute Gasteiger partial charge is 0.404 e. The number of nitrogens with zero attached hydrogens (tertiary/aromatic N) is 2. The van der Waals surface area contributed by atoms with E-state index in [0.29, 0.717) is 23.1 Å². The lowest BCUT2D eigenvalue weighted by Gasteiger charge is -2.58. The van der Waals surface area contributed by atoms with Gasteiger partial charge < -0.3 is 45.3 Å². The third-order valence-electron chi connectivity index (χ3n) is 12.5. The largest absolute Gasteiger partial charge is 0.497 e. The van der Waals surface area contributed by atoms with E-state index in [4.69, 9.17) is 30.4 Å². The molecule has 1 saturated carbocycles. The second kappa shape index (κ2) is 22.1. The summed E-state index contributed by atoms with van der Waals surface area (Å²) < 4.78 is 20.3. The number of likely N-dealkylation sites (N-methyl/N-ethyl adjacent to an activating group) is 2. The molecule has 12 heteroatoms. The number of rotatable bonds is 15. The number of amides is 2. The first kappa shape index (κ1) is 47.0. The number of fused-ring (bicyclic) bond motifs is 1. The molecule has 0 spiro atoms. The van der Waals surface area contributed by atoms with E-state index in [1.165, 1.54) is 45.1 Å². The summed E-state index contributed by atoms with van der Waals surface area (Å²) in [4.78, 5) is 38.4. The Kier molecular flexibility index (Phi) is 17.6. The summed E-state index contributed by atoms with van der Waals surface area (Å²) in [5.74, 6) is 1.27. The van der Waals surface area contributed by atoms with Gasteiger partial charge in [-0.2, -0.15) is 0 Å². The molecule has 5 N–H and O–H groups in total. The summed E-state index contributed by atoms with van der Waals surface area (Å²) in [5.41, 5.74) is 12.2. The van der Waals surface area contributed by atoms with E-state index in [-0.39, 0.29) is 19.8 Å². The van der Waals surface area contributed by atoms with Gasteiger partial charge in [0.25, 0.3) is 0 Å². The molecule has 0 unspecified atom stereocenters. The second-order valence-electron chi connectivity index (χ2n) is 16.4. The Morgan fingerprint density at radius 3 is 1.98 bits per heavy atom. The van der Waals surface area contributed by atoms with Gasteiger partial charge in [-0.3, -0.25) is 0 Å². The maximum atomic E-state index is 12.7. The Hall–Kier alpha value is -4.65. The first-order valence-electron chi connectivity index (χ1n) is 21.2. The van der Waals surface area contributed by atoms with Crippen molar-refractivity contribution in [1.82, 2.24) is 9.80 Å². The highest BCUT2D eigenvalue weighted by atomic mass is 16.6. The average molecular weight is 817 g/mol. The quantitative estimate of drug-likeness (QED) is 0.106. The zero-order valence-electron chi connectivity index (χ0n) is 36.1. The van der Waals surface area contributed by atoms with Crippen LogP contribution in [0.15, 0.2) is 78.9 Å². The Bertz CT molecular complexity index is 1710. The van der Waals surface area contributed by atoms with E-state index >= 15 is 0 Å². The molecule has 0 radical (unpaired) electrons. The van der Waals surface area contributed by atoms with Crippen molar-refractivity contribution in [2.45, 2.75) is 96.1 Å². The molecular weight excluding hydrogens is 749 g/mol. The molecule has 3 aromatic carbocycles. The number of piperidine rings is 1. The van der Waals surface area contributed by atoms with Crippen LogP contribution in [-0.4, -0.2) is 99.3 Å². The van der Waals surface area contributed by atoms with Crippen LogP contribution >= 0.6 is 0 Å². The zero-order chi connectivity index (χ0) is 43.1. The molecule has 2 aliphatic carbocycles. The minimum atomic E-state index is -1.80. The van der Waals surface area contributed by atoms with E-state index in [1.807, 2.05) is 26.0 Å². The third kappa shape index (κ3) is 12.0. The lowest BCUT2D eigenvalue weighted by Crippen LogP contribution is -2.59. The van der Waals surface area contributed by atoms with E-state index < -0.39 is 29.2 Å². The number of methoxy groups -OCH3 is 1. The predicted molar refractivity (Wildman–Crippen MR) is 230 cm³/mol. The molecule has 3 aromatic rings. The number of likely N-dealkylation sites (tertiary alicyclic amines) is 1. The van der Waals surface area contributed by atoms with Crippen LogP contribution in [0.3, 0.4) is 0 Å². The Labute approximate surface area is 351 Å². The number of ether oxygens (including phenoxy) is 4. The van der Waals surface area contributed by atoms with Crippen LogP contribution in [0.1, 0.15) is 94.9 Å². The minimum absolute atomic E-state index is 0.115. The van der Waals surface area contributed by atoms with Gasteiger partial charge >= 0.3 is 18.2 Å². The predicted octanol–water partition coefficient (Wildman–Crippen LogP) is 7.17. The number of hydrogen-bond acceptors (Lipinski definition) is 10.